The second-order valence-electron chi connectivity index (χ2n) is 10.7. The minimum atomic E-state index is -0.371. The van der Waals surface area contributed by atoms with Crippen LogP contribution in [0.5, 0.6) is 0 Å². The fourth-order valence-electron chi connectivity index (χ4n) is 8.90. The van der Waals surface area contributed by atoms with E-state index in [1.165, 1.54) is 12.8 Å². The van der Waals surface area contributed by atoms with E-state index in [0.717, 1.165) is 32.1 Å². The Morgan fingerprint density at radius 3 is 2.48 bits per heavy atom. The first-order chi connectivity index (χ1) is 11.8. The Bertz CT molecular complexity index is 635. The molecule has 0 amide bonds. The van der Waals surface area contributed by atoms with Crippen LogP contribution >= 0.6 is 0 Å². The molecule has 2 saturated heterocycles. The van der Waals surface area contributed by atoms with E-state index in [4.69, 9.17) is 9.47 Å². The highest BCUT2D eigenvalue weighted by atomic mass is 16.6. The van der Waals surface area contributed by atoms with Crippen molar-refractivity contribution in [3.8, 4) is 0 Å². The first-order valence-corrected chi connectivity index (χ1v) is 10.5. The van der Waals surface area contributed by atoms with E-state index in [0.29, 0.717) is 23.9 Å². The monoisotopic (exact) mass is 348 g/mol. The Balaban J connectivity index is 1.37. The summed E-state index contributed by atoms with van der Waals surface area (Å²) in [6.45, 7) is 6.80. The van der Waals surface area contributed by atoms with Gasteiger partial charge in [-0.3, -0.25) is 0 Å². The van der Waals surface area contributed by atoms with Crippen LogP contribution in [-0.2, 0) is 9.47 Å². The molecule has 2 heterocycles. The van der Waals surface area contributed by atoms with Gasteiger partial charge in [0.2, 0.25) is 0 Å². The van der Waals surface area contributed by atoms with Crippen LogP contribution in [0.1, 0.15) is 65.7 Å². The summed E-state index contributed by atoms with van der Waals surface area (Å²) in [5, 5.41) is 20.8. The molecule has 0 aromatic rings. The lowest BCUT2D eigenvalue weighted by atomic mass is 9.44. The molecule has 4 heteroatoms. The molecule has 11 atom stereocenters. The van der Waals surface area contributed by atoms with Crippen molar-refractivity contribution in [1.82, 2.24) is 0 Å². The number of hydrogen-bond donors (Lipinski definition) is 2. The summed E-state index contributed by atoms with van der Waals surface area (Å²) >= 11 is 0. The topological polar surface area (TPSA) is 65.5 Å². The maximum absolute atomic E-state index is 10.5. The SMILES string of the molecule is C[C@@H](O)[C@@]12O[C@H]1C[C@H]1[C@@H]3C[C@H]4O[C@@]45C[C@@H](O)CC[C@]5(C)[C@H]3CC[C@@]12C. The van der Waals surface area contributed by atoms with Crippen molar-refractivity contribution in [2.75, 3.05) is 0 Å². The predicted molar refractivity (Wildman–Crippen MR) is 91.9 cm³/mol. The molecule has 0 bridgehead atoms. The molecule has 25 heavy (non-hydrogen) atoms. The molecule has 0 radical (unpaired) electrons. The number of rotatable bonds is 1. The Morgan fingerprint density at radius 1 is 0.960 bits per heavy atom. The molecule has 2 aliphatic heterocycles. The zero-order valence-electron chi connectivity index (χ0n) is 15.7. The number of hydrogen-bond acceptors (Lipinski definition) is 4. The van der Waals surface area contributed by atoms with E-state index in [2.05, 4.69) is 13.8 Å². The van der Waals surface area contributed by atoms with Crippen LogP contribution < -0.4 is 0 Å². The Kier molecular flexibility index (Phi) is 2.72. The van der Waals surface area contributed by atoms with Gasteiger partial charge in [0, 0.05) is 17.3 Å². The van der Waals surface area contributed by atoms with Gasteiger partial charge in [-0.15, -0.1) is 0 Å². The second-order valence-corrected chi connectivity index (χ2v) is 10.7. The normalized spacial score (nSPS) is 68.0. The standard InChI is InChI=1S/C21H32O4/c1-11(22)21-17(25-21)9-15-13-8-16-20(24-16)10-12(23)4-6-18(20,2)14(13)5-7-19(15,21)3/h11-17,22-23H,4-10H2,1-3H3/t11-,12+,13-,14+,15+,16-,17+,18-,19+,20+,21-/m1/s1. The van der Waals surface area contributed by atoms with Gasteiger partial charge in [0.1, 0.15) is 11.2 Å². The van der Waals surface area contributed by atoms with Crippen molar-refractivity contribution < 1.29 is 19.7 Å². The summed E-state index contributed by atoms with van der Waals surface area (Å²) < 4.78 is 12.5. The maximum atomic E-state index is 10.5. The quantitative estimate of drug-likeness (QED) is 0.715. The minimum absolute atomic E-state index is 0.0282. The van der Waals surface area contributed by atoms with Gasteiger partial charge in [0.25, 0.3) is 0 Å². The molecule has 4 nitrogen and oxygen atoms in total. The molecule has 140 valence electrons. The summed E-state index contributed by atoms with van der Waals surface area (Å²) in [7, 11) is 0. The van der Waals surface area contributed by atoms with E-state index in [9.17, 15) is 10.2 Å². The van der Waals surface area contributed by atoms with Gasteiger partial charge in [0.05, 0.1) is 24.4 Å². The fraction of sp³-hybridized carbons (Fsp3) is 1.00. The highest BCUT2D eigenvalue weighted by Gasteiger charge is 2.82. The molecule has 0 unspecified atom stereocenters. The Labute approximate surface area is 150 Å². The molecule has 2 N–H and O–H groups in total. The van der Waals surface area contributed by atoms with Crippen molar-refractivity contribution in [2.24, 2.45) is 28.6 Å². The molecular weight excluding hydrogens is 316 g/mol. The molecule has 0 aromatic carbocycles. The summed E-state index contributed by atoms with van der Waals surface area (Å²) in [6.07, 6.45) is 7.66. The number of aliphatic hydroxyl groups is 2. The van der Waals surface area contributed by atoms with Gasteiger partial charge in [-0.1, -0.05) is 13.8 Å². The second kappa shape index (κ2) is 4.29. The van der Waals surface area contributed by atoms with Crippen LogP contribution in [0.3, 0.4) is 0 Å². The Morgan fingerprint density at radius 2 is 1.72 bits per heavy atom. The third-order valence-electron chi connectivity index (χ3n) is 10.2. The summed E-state index contributed by atoms with van der Waals surface area (Å²) in [5.41, 5.74) is 0.0456. The summed E-state index contributed by atoms with van der Waals surface area (Å²) in [4.78, 5) is 0. The zero-order chi connectivity index (χ0) is 17.4. The number of ether oxygens (including phenoxy) is 2. The van der Waals surface area contributed by atoms with Crippen molar-refractivity contribution in [1.29, 1.82) is 0 Å². The van der Waals surface area contributed by atoms with Gasteiger partial charge in [-0.05, 0) is 63.2 Å². The van der Waals surface area contributed by atoms with Crippen molar-refractivity contribution in [2.45, 2.75) is 101 Å². The average molecular weight is 348 g/mol. The number of fused-ring (bicyclic) bond motifs is 6. The molecule has 4 saturated carbocycles. The highest BCUT2D eigenvalue weighted by molar-refractivity contribution is 5.30. The third-order valence-corrected chi connectivity index (χ3v) is 10.2. The van der Waals surface area contributed by atoms with Crippen molar-refractivity contribution in [3.05, 3.63) is 0 Å². The minimum Gasteiger partial charge on any atom is -0.393 e. The molecule has 0 aromatic heterocycles. The fourth-order valence-corrected chi connectivity index (χ4v) is 8.90. The largest absolute Gasteiger partial charge is 0.393 e. The van der Waals surface area contributed by atoms with Crippen LogP contribution in [0.2, 0.25) is 0 Å². The first-order valence-electron chi connectivity index (χ1n) is 10.5. The number of epoxide rings is 2. The first kappa shape index (κ1) is 15.9. The van der Waals surface area contributed by atoms with Gasteiger partial charge < -0.3 is 19.7 Å². The molecule has 1 spiro atoms. The van der Waals surface area contributed by atoms with Crippen LogP contribution in [0.25, 0.3) is 0 Å². The van der Waals surface area contributed by atoms with E-state index in [1.807, 2.05) is 6.92 Å². The van der Waals surface area contributed by atoms with Gasteiger partial charge >= 0.3 is 0 Å². The van der Waals surface area contributed by atoms with Crippen LogP contribution in [0.15, 0.2) is 0 Å². The zero-order valence-corrected chi connectivity index (χ0v) is 15.7. The molecular formula is C21H32O4. The lowest BCUT2D eigenvalue weighted by Crippen LogP contribution is -2.60. The van der Waals surface area contributed by atoms with Crippen LogP contribution in [0.4, 0.5) is 0 Å². The Hall–Kier alpha value is -0.160. The predicted octanol–water partition coefficient (Wildman–Crippen LogP) is 2.65. The highest BCUT2D eigenvalue weighted by Crippen LogP contribution is 2.77. The summed E-state index contributed by atoms with van der Waals surface area (Å²) in [5.74, 6) is 2.07. The molecule has 6 aliphatic rings. The van der Waals surface area contributed by atoms with Crippen molar-refractivity contribution >= 4 is 0 Å². The van der Waals surface area contributed by atoms with Crippen LogP contribution in [0, 0.1) is 28.6 Å². The lowest BCUT2D eigenvalue weighted by molar-refractivity contribution is -0.140. The molecule has 6 rings (SSSR count). The van der Waals surface area contributed by atoms with Gasteiger partial charge in [0.15, 0.2) is 0 Å². The third kappa shape index (κ3) is 1.51. The van der Waals surface area contributed by atoms with Gasteiger partial charge in [-0.25, -0.2) is 0 Å². The van der Waals surface area contributed by atoms with Gasteiger partial charge in [-0.2, -0.15) is 0 Å². The maximum Gasteiger partial charge on any atom is 0.126 e. The molecule has 4 aliphatic carbocycles. The smallest absolute Gasteiger partial charge is 0.126 e. The lowest BCUT2D eigenvalue weighted by Gasteiger charge is -2.59. The van der Waals surface area contributed by atoms with E-state index in [1.54, 1.807) is 0 Å². The molecule has 6 fully saturated rings. The van der Waals surface area contributed by atoms with E-state index in [-0.39, 0.29) is 40.3 Å². The van der Waals surface area contributed by atoms with E-state index < -0.39 is 0 Å². The summed E-state index contributed by atoms with van der Waals surface area (Å²) in [6, 6.07) is 0. The number of aliphatic hydroxyl groups excluding tert-OH is 2. The van der Waals surface area contributed by atoms with E-state index >= 15 is 0 Å². The van der Waals surface area contributed by atoms with Crippen molar-refractivity contribution in [3.63, 3.8) is 0 Å². The average Bonchev–Trinajstić information content (AvgIpc) is 3.42. The van der Waals surface area contributed by atoms with Crippen LogP contribution in [-0.4, -0.2) is 45.8 Å².